The van der Waals surface area contributed by atoms with Crippen molar-refractivity contribution in [3.63, 3.8) is 0 Å². The van der Waals surface area contributed by atoms with Gasteiger partial charge in [0, 0.05) is 30.8 Å². The van der Waals surface area contributed by atoms with Gasteiger partial charge in [-0.25, -0.2) is 19.7 Å². The number of esters is 1. The standard InChI is InChI=1S/C29H36N6O4/c1-7-10-29(6,30)22-13-32-26(38-18-14-35(15-18)17(3)36)21-12-31-24(11-20(21)22)33-23-9-8-19-25(34-23)16(2)28(4,5)39-27(19)37/h8-9,11-13,16,18H,7,10,14-15,30H2,1-6H3,(H,31,33,34)/t16-,29?/m1/s1. The van der Waals surface area contributed by atoms with E-state index >= 15 is 0 Å². The summed E-state index contributed by atoms with van der Waals surface area (Å²) in [5.74, 6) is 1.22. The van der Waals surface area contributed by atoms with Crippen LogP contribution in [0.15, 0.2) is 30.6 Å². The Morgan fingerprint density at radius 1 is 1.23 bits per heavy atom. The van der Waals surface area contributed by atoms with Gasteiger partial charge >= 0.3 is 5.97 Å². The summed E-state index contributed by atoms with van der Waals surface area (Å²) in [7, 11) is 0. The van der Waals surface area contributed by atoms with Crippen molar-refractivity contribution in [1.82, 2.24) is 19.9 Å². The molecule has 3 aromatic heterocycles. The first kappa shape index (κ1) is 26.8. The van der Waals surface area contributed by atoms with Gasteiger partial charge in [-0.2, -0.15) is 0 Å². The second-order valence-electron chi connectivity index (χ2n) is 11.4. The van der Waals surface area contributed by atoms with Crippen LogP contribution in [0.1, 0.15) is 81.9 Å². The van der Waals surface area contributed by atoms with E-state index in [4.69, 9.17) is 20.2 Å². The zero-order chi connectivity index (χ0) is 28.1. The summed E-state index contributed by atoms with van der Waals surface area (Å²) >= 11 is 0. The van der Waals surface area contributed by atoms with Crippen LogP contribution in [0.5, 0.6) is 5.88 Å². The highest BCUT2D eigenvalue weighted by molar-refractivity contribution is 5.93. The van der Waals surface area contributed by atoms with Crippen molar-refractivity contribution < 1.29 is 19.1 Å². The summed E-state index contributed by atoms with van der Waals surface area (Å²) in [6.45, 7) is 12.5. The van der Waals surface area contributed by atoms with Crippen molar-refractivity contribution in [2.45, 2.75) is 77.5 Å². The Morgan fingerprint density at radius 2 is 1.97 bits per heavy atom. The third-order valence-corrected chi connectivity index (χ3v) is 7.90. The first-order chi connectivity index (χ1) is 18.4. The number of nitrogens with one attached hydrogen (secondary N) is 1. The molecule has 10 nitrogen and oxygen atoms in total. The van der Waals surface area contributed by atoms with Crippen molar-refractivity contribution in [2.24, 2.45) is 5.73 Å². The maximum atomic E-state index is 12.5. The average molecular weight is 533 g/mol. The van der Waals surface area contributed by atoms with Crippen LogP contribution in [-0.2, 0) is 15.1 Å². The van der Waals surface area contributed by atoms with E-state index in [-0.39, 0.29) is 23.9 Å². The predicted molar refractivity (Wildman–Crippen MR) is 148 cm³/mol. The highest BCUT2D eigenvalue weighted by atomic mass is 16.6. The van der Waals surface area contributed by atoms with Gasteiger partial charge in [0.05, 0.1) is 29.7 Å². The number of aromatic nitrogens is 3. The molecule has 0 aromatic carbocycles. The van der Waals surface area contributed by atoms with Gasteiger partial charge in [-0.3, -0.25) is 4.79 Å². The normalized spacial score (nSPS) is 20.0. The van der Waals surface area contributed by atoms with E-state index in [1.165, 1.54) is 0 Å². The molecule has 39 heavy (non-hydrogen) atoms. The molecule has 5 rings (SSSR count). The van der Waals surface area contributed by atoms with Gasteiger partial charge < -0.3 is 25.4 Å². The van der Waals surface area contributed by atoms with E-state index in [9.17, 15) is 9.59 Å². The number of carbonyl (C=O) groups excluding carboxylic acids is 2. The van der Waals surface area contributed by atoms with Crippen molar-refractivity contribution in [2.75, 3.05) is 18.4 Å². The number of rotatable bonds is 7. The minimum atomic E-state index is -0.651. The number of hydrogen-bond donors (Lipinski definition) is 2. The van der Waals surface area contributed by atoms with E-state index in [0.717, 1.165) is 29.2 Å². The first-order valence-corrected chi connectivity index (χ1v) is 13.4. The molecule has 1 unspecified atom stereocenters. The van der Waals surface area contributed by atoms with Gasteiger partial charge in [0.15, 0.2) is 0 Å². The summed E-state index contributed by atoms with van der Waals surface area (Å²) in [5, 5.41) is 4.94. The first-order valence-electron chi connectivity index (χ1n) is 13.4. The Hall–Kier alpha value is -3.79. The molecule has 1 fully saturated rings. The van der Waals surface area contributed by atoms with Crippen molar-refractivity contribution in [1.29, 1.82) is 0 Å². The minimum absolute atomic E-state index is 0.0319. The number of hydrogen-bond acceptors (Lipinski definition) is 9. The quantitative estimate of drug-likeness (QED) is 0.425. The van der Waals surface area contributed by atoms with Crippen LogP contribution in [0.3, 0.4) is 0 Å². The number of nitrogens with two attached hydrogens (primary N) is 1. The molecule has 3 N–H and O–H groups in total. The molecule has 0 saturated carbocycles. The molecule has 5 heterocycles. The SMILES string of the molecule is CCCC(C)(N)c1cnc(OC2CN(C(C)=O)C2)c2cnc(Nc3ccc4c(n3)[C@@H](C)C(C)(C)OC4=O)cc12. The van der Waals surface area contributed by atoms with Crippen molar-refractivity contribution in [3.05, 3.63) is 47.4 Å². The molecule has 0 spiro atoms. The van der Waals surface area contributed by atoms with Gasteiger partial charge in [-0.15, -0.1) is 0 Å². The van der Waals surface area contributed by atoms with E-state index in [1.54, 1.807) is 36.4 Å². The maximum absolute atomic E-state index is 12.5. The summed E-state index contributed by atoms with van der Waals surface area (Å²) in [4.78, 5) is 39.8. The number of nitrogens with zero attached hydrogens (tertiary/aromatic N) is 4. The third kappa shape index (κ3) is 5.01. The highest BCUT2D eigenvalue weighted by Crippen LogP contribution is 2.39. The lowest BCUT2D eigenvalue weighted by atomic mass is 9.84. The number of ether oxygens (including phenoxy) is 2. The fourth-order valence-electron chi connectivity index (χ4n) is 5.20. The maximum Gasteiger partial charge on any atom is 0.340 e. The Morgan fingerprint density at radius 3 is 2.67 bits per heavy atom. The minimum Gasteiger partial charge on any atom is -0.470 e. The zero-order valence-electron chi connectivity index (χ0n) is 23.4. The summed E-state index contributed by atoms with van der Waals surface area (Å²) in [6.07, 6.45) is 5.09. The summed E-state index contributed by atoms with van der Waals surface area (Å²) in [5.41, 5.74) is 7.58. The van der Waals surface area contributed by atoms with Gasteiger partial charge in [0.25, 0.3) is 0 Å². The van der Waals surface area contributed by atoms with Crippen molar-refractivity contribution >= 4 is 34.3 Å². The van der Waals surface area contributed by atoms with Crippen LogP contribution in [0.2, 0.25) is 0 Å². The second-order valence-corrected chi connectivity index (χ2v) is 11.4. The molecule has 0 radical (unpaired) electrons. The Kier molecular flexibility index (Phi) is 6.70. The topological polar surface area (TPSA) is 133 Å². The van der Waals surface area contributed by atoms with Crippen LogP contribution in [-0.4, -0.2) is 56.5 Å². The highest BCUT2D eigenvalue weighted by Gasteiger charge is 2.40. The zero-order valence-corrected chi connectivity index (χ0v) is 23.4. The fourth-order valence-corrected chi connectivity index (χ4v) is 5.20. The van der Waals surface area contributed by atoms with Crippen LogP contribution >= 0.6 is 0 Å². The van der Waals surface area contributed by atoms with Gasteiger partial charge in [0.2, 0.25) is 11.8 Å². The van der Waals surface area contributed by atoms with E-state index in [1.807, 2.05) is 33.8 Å². The summed E-state index contributed by atoms with van der Waals surface area (Å²) < 4.78 is 11.8. The Labute approximate surface area is 228 Å². The molecular weight excluding hydrogens is 496 g/mol. The van der Waals surface area contributed by atoms with E-state index in [2.05, 4.69) is 22.2 Å². The second kappa shape index (κ2) is 9.75. The monoisotopic (exact) mass is 532 g/mol. The van der Waals surface area contributed by atoms with E-state index < -0.39 is 11.1 Å². The molecule has 3 aromatic rings. The lowest BCUT2D eigenvalue weighted by Crippen LogP contribution is -2.55. The molecule has 1 amide bonds. The lowest BCUT2D eigenvalue weighted by Gasteiger charge is -2.38. The van der Waals surface area contributed by atoms with Crippen LogP contribution < -0.4 is 15.8 Å². The predicted octanol–water partition coefficient (Wildman–Crippen LogP) is 4.40. The number of fused-ring (bicyclic) bond motifs is 2. The van der Waals surface area contributed by atoms with Gasteiger partial charge in [-0.1, -0.05) is 20.3 Å². The third-order valence-electron chi connectivity index (χ3n) is 7.90. The number of amides is 1. The lowest BCUT2D eigenvalue weighted by molar-refractivity contribution is -0.137. The molecule has 2 atom stereocenters. The molecule has 2 aliphatic heterocycles. The Balaban J connectivity index is 1.50. The van der Waals surface area contributed by atoms with Gasteiger partial charge in [-0.05, 0) is 56.3 Å². The number of pyridine rings is 3. The molecule has 206 valence electrons. The molecule has 1 saturated heterocycles. The largest absolute Gasteiger partial charge is 0.470 e. The smallest absolute Gasteiger partial charge is 0.340 e. The molecule has 10 heteroatoms. The molecule has 2 aliphatic rings. The summed E-state index contributed by atoms with van der Waals surface area (Å²) in [6, 6.07) is 5.42. The molecular formula is C29H36N6O4. The fraction of sp³-hybridized carbons (Fsp3) is 0.483. The molecule has 0 bridgehead atoms. The number of anilines is 2. The molecule has 0 aliphatic carbocycles. The number of carbonyl (C=O) groups is 2. The van der Waals surface area contributed by atoms with E-state index in [0.29, 0.717) is 41.9 Å². The Bertz CT molecular complexity index is 1450. The average Bonchev–Trinajstić information content (AvgIpc) is 2.83. The van der Waals surface area contributed by atoms with Crippen LogP contribution in [0, 0.1) is 0 Å². The van der Waals surface area contributed by atoms with Crippen LogP contribution in [0.4, 0.5) is 11.6 Å². The van der Waals surface area contributed by atoms with Crippen molar-refractivity contribution in [3.8, 4) is 5.88 Å². The van der Waals surface area contributed by atoms with Crippen LogP contribution in [0.25, 0.3) is 10.8 Å². The number of likely N-dealkylation sites (tertiary alicyclic amines) is 1. The van der Waals surface area contributed by atoms with Gasteiger partial charge in [0.1, 0.15) is 23.3 Å². The number of cyclic esters (lactones) is 1.